The van der Waals surface area contributed by atoms with Gasteiger partial charge in [-0.1, -0.05) is 37.3 Å². The molecular formula is C19H17IN2O. The smallest absolute Gasteiger partial charge is 0.266 e. The lowest BCUT2D eigenvalue weighted by atomic mass is 10.1. The Kier molecular flexibility index (Phi) is 4.61. The molecule has 23 heavy (non-hydrogen) atoms. The second kappa shape index (κ2) is 6.66. The van der Waals surface area contributed by atoms with E-state index in [0.717, 1.165) is 27.0 Å². The fourth-order valence-corrected chi connectivity index (χ4v) is 3.33. The molecule has 0 saturated heterocycles. The molecule has 0 aliphatic carbocycles. The number of aromatic nitrogens is 2. The number of halogens is 1. The average molecular weight is 416 g/mol. The normalized spacial score (nSPS) is 12.3. The maximum absolute atomic E-state index is 13.1. The molecule has 3 rings (SSSR count). The number of hydrogen-bond acceptors (Lipinski definition) is 2. The van der Waals surface area contributed by atoms with Crippen LogP contribution in [0.2, 0.25) is 0 Å². The van der Waals surface area contributed by atoms with Gasteiger partial charge in [0.25, 0.3) is 5.56 Å². The summed E-state index contributed by atoms with van der Waals surface area (Å²) in [4.78, 5) is 17.9. The molecule has 0 saturated carbocycles. The van der Waals surface area contributed by atoms with Crippen LogP contribution < -0.4 is 5.56 Å². The Hall–Kier alpha value is -1.95. The molecule has 0 spiro atoms. The molecule has 0 aliphatic rings. The van der Waals surface area contributed by atoms with Crippen molar-refractivity contribution in [2.75, 3.05) is 0 Å². The van der Waals surface area contributed by atoms with Crippen molar-refractivity contribution in [2.24, 2.45) is 0 Å². The summed E-state index contributed by atoms with van der Waals surface area (Å²) in [6.07, 6.45) is 2.64. The van der Waals surface area contributed by atoms with E-state index in [2.05, 4.69) is 36.1 Å². The van der Waals surface area contributed by atoms with Crippen molar-refractivity contribution in [1.29, 1.82) is 0 Å². The summed E-state index contributed by atoms with van der Waals surface area (Å²) in [7, 11) is 0. The molecule has 1 aromatic heterocycles. The Morgan fingerprint density at radius 1 is 1.22 bits per heavy atom. The van der Waals surface area contributed by atoms with Gasteiger partial charge in [-0.2, -0.15) is 0 Å². The second-order valence-electron chi connectivity index (χ2n) is 5.50. The van der Waals surface area contributed by atoms with Crippen LogP contribution in [0.25, 0.3) is 16.6 Å². The number of para-hydroxylation sites is 2. The van der Waals surface area contributed by atoms with Crippen LogP contribution in [-0.4, -0.2) is 9.55 Å². The predicted octanol–water partition coefficient (Wildman–Crippen LogP) is 4.67. The summed E-state index contributed by atoms with van der Waals surface area (Å²) in [6.45, 7) is 5.89. The van der Waals surface area contributed by atoms with Crippen molar-refractivity contribution in [3.63, 3.8) is 0 Å². The topological polar surface area (TPSA) is 34.9 Å². The van der Waals surface area contributed by atoms with E-state index >= 15 is 0 Å². The Morgan fingerprint density at radius 3 is 2.65 bits per heavy atom. The van der Waals surface area contributed by atoms with Crippen LogP contribution in [0.1, 0.15) is 25.1 Å². The van der Waals surface area contributed by atoms with Crippen LogP contribution in [0, 0.1) is 3.57 Å². The fraction of sp³-hybridized carbons (Fsp3) is 0.158. The third kappa shape index (κ3) is 2.95. The van der Waals surface area contributed by atoms with Gasteiger partial charge in [-0.3, -0.25) is 9.36 Å². The average Bonchev–Trinajstić information content (AvgIpc) is 2.56. The van der Waals surface area contributed by atoms with E-state index in [-0.39, 0.29) is 11.5 Å². The highest BCUT2D eigenvalue weighted by Gasteiger charge is 2.18. The SMILES string of the molecule is C=CC[C@@H](C)c1nc2ccccc2c(=O)n1-c1ccccc1I. The number of rotatable bonds is 4. The molecule has 0 aliphatic heterocycles. The van der Waals surface area contributed by atoms with E-state index in [9.17, 15) is 4.79 Å². The zero-order valence-corrected chi connectivity index (χ0v) is 15.0. The van der Waals surface area contributed by atoms with Crippen LogP contribution >= 0.6 is 22.6 Å². The van der Waals surface area contributed by atoms with E-state index in [1.165, 1.54) is 0 Å². The van der Waals surface area contributed by atoms with Gasteiger partial charge >= 0.3 is 0 Å². The quantitative estimate of drug-likeness (QED) is 0.458. The molecule has 0 unspecified atom stereocenters. The zero-order valence-electron chi connectivity index (χ0n) is 12.9. The molecule has 116 valence electrons. The number of fused-ring (bicyclic) bond motifs is 1. The fourth-order valence-electron chi connectivity index (χ4n) is 2.70. The molecule has 3 nitrogen and oxygen atoms in total. The van der Waals surface area contributed by atoms with Gasteiger partial charge in [0, 0.05) is 9.49 Å². The lowest BCUT2D eigenvalue weighted by molar-refractivity contribution is 0.676. The Bertz CT molecular complexity index is 930. The van der Waals surface area contributed by atoms with Crippen LogP contribution in [-0.2, 0) is 0 Å². The molecule has 1 atom stereocenters. The van der Waals surface area contributed by atoms with Crippen LogP contribution in [0.3, 0.4) is 0 Å². The first kappa shape index (κ1) is 15.9. The molecular weight excluding hydrogens is 399 g/mol. The van der Waals surface area contributed by atoms with Gasteiger partial charge in [0.1, 0.15) is 5.82 Å². The molecule has 1 heterocycles. The zero-order chi connectivity index (χ0) is 16.4. The molecule has 0 bridgehead atoms. The molecule has 0 amide bonds. The summed E-state index contributed by atoms with van der Waals surface area (Å²) in [5, 5.41) is 0.640. The van der Waals surface area contributed by atoms with Crippen molar-refractivity contribution >= 4 is 33.5 Å². The summed E-state index contributed by atoms with van der Waals surface area (Å²) in [6, 6.07) is 15.4. The molecule has 4 heteroatoms. The first-order valence-electron chi connectivity index (χ1n) is 7.51. The van der Waals surface area contributed by atoms with Crippen molar-refractivity contribution in [2.45, 2.75) is 19.3 Å². The molecule has 0 N–H and O–H groups in total. The second-order valence-corrected chi connectivity index (χ2v) is 6.67. The van der Waals surface area contributed by atoms with E-state index in [1.54, 1.807) is 4.57 Å². The highest BCUT2D eigenvalue weighted by atomic mass is 127. The number of nitrogens with zero attached hydrogens (tertiary/aromatic N) is 2. The van der Waals surface area contributed by atoms with E-state index < -0.39 is 0 Å². The Balaban J connectivity index is 2.40. The lowest BCUT2D eigenvalue weighted by Gasteiger charge is -2.18. The molecule has 0 fully saturated rings. The van der Waals surface area contributed by atoms with Crippen molar-refractivity contribution in [3.8, 4) is 5.69 Å². The van der Waals surface area contributed by atoms with E-state index in [4.69, 9.17) is 4.98 Å². The number of benzene rings is 2. The highest BCUT2D eigenvalue weighted by molar-refractivity contribution is 14.1. The van der Waals surface area contributed by atoms with Gasteiger partial charge in [0.15, 0.2) is 0 Å². The first-order valence-corrected chi connectivity index (χ1v) is 8.59. The molecule has 3 aromatic rings. The van der Waals surface area contributed by atoms with Gasteiger partial charge in [-0.25, -0.2) is 4.98 Å². The van der Waals surface area contributed by atoms with Crippen molar-refractivity contribution in [3.05, 3.63) is 80.9 Å². The van der Waals surface area contributed by atoms with Gasteiger partial charge in [0.05, 0.1) is 16.6 Å². The van der Waals surface area contributed by atoms with Gasteiger partial charge in [-0.05, 0) is 53.3 Å². The van der Waals surface area contributed by atoms with Gasteiger partial charge < -0.3 is 0 Å². The van der Waals surface area contributed by atoms with Crippen molar-refractivity contribution in [1.82, 2.24) is 9.55 Å². The molecule has 0 radical (unpaired) electrons. The largest absolute Gasteiger partial charge is 0.268 e. The van der Waals surface area contributed by atoms with Crippen LogP contribution in [0.4, 0.5) is 0 Å². The number of hydrogen-bond donors (Lipinski definition) is 0. The van der Waals surface area contributed by atoms with Crippen molar-refractivity contribution < 1.29 is 0 Å². The predicted molar refractivity (Wildman–Crippen MR) is 103 cm³/mol. The summed E-state index contributed by atoms with van der Waals surface area (Å²) in [5.74, 6) is 0.888. The maximum Gasteiger partial charge on any atom is 0.266 e. The summed E-state index contributed by atoms with van der Waals surface area (Å²) in [5.41, 5.74) is 1.60. The van der Waals surface area contributed by atoms with E-state index in [1.807, 2.05) is 54.6 Å². The summed E-state index contributed by atoms with van der Waals surface area (Å²) >= 11 is 2.26. The number of allylic oxidation sites excluding steroid dienone is 1. The monoisotopic (exact) mass is 416 g/mol. The standard InChI is InChI=1S/C19H17IN2O/c1-3-8-13(2)18-21-16-11-6-4-9-14(16)19(23)22(18)17-12-7-5-10-15(17)20/h3-7,9-13H,1,8H2,2H3/t13-/m1/s1. The molecule has 2 aromatic carbocycles. The third-order valence-electron chi connectivity index (χ3n) is 3.86. The lowest BCUT2D eigenvalue weighted by Crippen LogP contribution is -2.25. The van der Waals surface area contributed by atoms with Gasteiger partial charge in [-0.15, -0.1) is 6.58 Å². The minimum absolute atomic E-state index is 0.0226. The van der Waals surface area contributed by atoms with Crippen LogP contribution in [0.15, 0.2) is 66.0 Å². The highest BCUT2D eigenvalue weighted by Crippen LogP contribution is 2.24. The van der Waals surface area contributed by atoms with Gasteiger partial charge in [0.2, 0.25) is 0 Å². The Morgan fingerprint density at radius 2 is 1.91 bits per heavy atom. The van der Waals surface area contributed by atoms with E-state index in [0.29, 0.717) is 5.39 Å². The minimum atomic E-state index is -0.0226. The summed E-state index contributed by atoms with van der Waals surface area (Å²) < 4.78 is 2.77. The first-order chi connectivity index (χ1) is 11.1. The minimum Gasteiger partial charge on any atom is -0.268 e. The van der Waals surface area contributed by atoms with Crippen LogP contribution in [0.5, 0.6) is 0 Å². The Labute approximate surface area is 148 Å². The maximum atomic E-state index is 13.1. The third-order valence-corrected chi connectivity index (χ3v) is 4.77.